The molecule has 2 amide bonds. The molecule has 1 aromatic heterocycles. The number of nitrogens with two attached hydrogens (primary N) is 1. The molecule has 21 heavy (non-hydrogen) atoms. The Labute approximate surface area is 135 Å². The van der Waals surface area contributed by atoms with Gasteiger partial charge in [-0.05, 0) is 47.1 Å². The van der Waals surface area contributed by atoms with Crippen LogP contribution in [0.4, 0.5) is 5.69 Å². The SMILES string of the molecule is CCn1cc(Br)cc1C(=O)Nc1cc(C(N)=O)ccc1Cl. The van der Waals surface area contributed by atoms with Crippen molar-refractivity contribution in [3.05, 3.63) is 51.2 Å². The molecule has 0 unspecified atom stereocenters. The average Bonchev–Trinajstić information content (AvgIpc) is 2.82. The minimum Gasteiger partial charge on any atom is -0.366 e. The zero-order chi connectivity index (χ0) is 15.6. The summed E-state index contributed by atoms with van der Waals surface area (Å²) in [7, 11) is 0. The molecule has 2 rings (SSSR count). The van der Waals surface area contributed by atoms with Gasteiger partial charge in [-0.15, -0.1) is 0 Å². The van der Waals surface area contributed by atoms with Crippen LogP contribution in [0, 0.1) is 0 Å². The maximum atomic E-state index is 12.3. The third-order valence-electron chi connectivity index (χ3n) is 2.94. The van der Waals surface area contributed by atoms with E-state index in [0.717, 1.165) is 4.47 Å². The number of nitrogens with one attached hydrogen (secondary N) is 1. The fraction of sp³-hybridized carbons (Fsp3) is 0.143. The highest BCUT2D eigenvalue weighted by Crippen LogP contribution is 2.24. The molecule has 0 bridgehead atoms. The van der Waals surface area contributed by atoms with Crippen molar-refractivity contribution in [1.29, 1.82) is 0 Å². The molecule has 0 aliphatic rings. The topological polar surface area (TPSA) is 77.1 Å². The Morgan fingerprint density at radius 2 is 2.10 bits per heavy atom. The molecule has 0 atom stereocenters. The van der Waals surface area contributed by atoms with Crippen LogP contribution >= 0.6 is 27.5 Å². The second-order valence-corrected chi connectivity index (χ2v) is 5.67. The molecule has 5 nitrogen and oxygen atoms in total. The van der Waals surface area contributed by atoms with Crippen LogP contribution < -0.4 is 11.1 Å². The Morgan fingerprint density at radius 1 is 1.38 bits per heavy atom. The Bertz CT molecular complexity index is 712. The Hall–Kier alpha value is -1.79. The highest BCUT2D eigenvalue weighted by molar-refractivity contribution is 9.10. The van der Waals surface area contributed by atoms with E-state index in [1.807, 2.05) is 13.1 Å². The molecule has 1 aromatic carbocycles. The van der Waals surface area contributed by atoms with Gasteiger partial charge in [-0.25, -0.2) is 0 Å². The molecular formula is C14H13BrClN3O2. The molecule has 2 aromatic rings. The molecule has 0 fully saturated rings. The van der Waals surface area contributed by atoms with E-state index in [-0.39, 0.29) is 11.5 Å². The maximum Gasteiger partial charge on any atom is 0.272 e. The quantitative estimate of drug-likeness (QED) is 0.866. The summed E-state index contributed by atoms with van der Waals surface area (Å²) in [6.45, 7) is 2.59. The van der Waals surface area contributed by atoms with Gasteiger partial charge in [-0.1, -0.05) is 11.6 Å². The van der Waals surface area contributed by atoms with Crippen molar-refractivity contribution < 1.29 is 9.59 Å². The first kappa shape index (κ1) is 15.6. The number of primary amides is 1. The number of aryl methyl sites for hydroxylation is 1. The number of amides is 2. The Morgan fingerprint density at radius 3 is 2.71 bits per heavy atom. The predicted molar refractivity (Wildman–Crippen MR) is 85.7 cm³/mol. The summed E-state index contributed by atoms with van der Waals surface area (Å²) in [5.41, 5.74) is 6.33. The van der Waals surface area contributed by atoms with Crippen molar-refractivity contribution in [3.8, 4) is 0 Å². The van der Waals surface area contributed by atoms with Gasteiger partial charge < -0.3 is 15.6 Å². The van der Waals surface area contributed by atoms with E-state index in [2.05, 4.69) is 21.2 Å². The number of carbonyl (C=O) groups is 2. The molecule has 1 heterocycles. The summed E-state index contributed by atoms with van der Waals surface area (Å²) in [5, 5.41) is 3.02. The van der Waals surface area contributed by atoms with Crippen molar-refractivity contribution in [1.82, 2.24) is 4.57 Å². The lowest BCUT2D eigenvalue weighted by atomic mass is 10.2. The molecule has 7 heteroatoms. The van der Waals surface area contributed by atoms with E-state index in [4.69, 9.17) is 17.3 Å². The number of carbonyl (C=O) groups excluding carboxylic acids is 2. The van der Waals surface area contributed by atoms with Gasteiger partial charge in [0.05, 0.1) is 10.7 Å². The van der Waals surface area contributed by atoms with Crippen molar-refractivity contribution in [2.45, 2.75) is 13.5 Å². The fourth-order valence-corrected chi connectivity index (χ4v) is 2.52. The Balaban J connectivity index is 2.31. The summed E-state index contributed by atoms with van der Waals surface area (Å²) in [6, 6.07) is 6.19. The highest BCUT2D eigenvalue weighted by Gasteiger charge is 2.15. The monoisotopic (exact) mass is 369 g/mol. The number of nitrogens with zero attached hydrogens (tertiary/aromatic N) is 1. The number of benzene rings is 1. The summed E-state index contributed by atoms with van der Waals surface area (Å²) in [6.07, 6.45) is 1.82. The molecule has 0 aliphatic carbocycles. The zero-order valence-electron chi connectivity index (χ0n) is 11.2. The molecule has 0 saturated heterocycles. The van der Waals surface area contributed by atoms with Gasteiger partial charge in [0.15, 0.2) is 0 Å². The molecule has 0 spiro atoms. The third kappa shape index (κ3) is 3.46. The number of halogens is 2. The minimum absolute atomic E-state index is 0.279. The maximum absolute atomic E-state index is 12.3. The summed E-state index contributed by atoms with van der Waals surface area (Å²) in [4.78, 5) is 23.5. The first-order valence-electron chi connectivity index (χ1n) is 6.18. The van der Waals surface area contributed by atoms with E-state index >= 15 is 0 Å². The normalized spacial score (nSPS) is 10.4. The summed E-state index contributed by atoms with van der Waals surface area (Å²) >= 11 is 9.36. The first-order chi connectivity index (χ1) is 9.92. The van der Waals surface area contributed by atoms with Crippen LogP contribution in [0.5, 0.6) is 0 Å². The molecular weight excluding hydrogens is 358 g/mol. The Kier molecular flexibility index (Phi) is 4.69. The number of aromatic nitrogens is 1. The van der Waals surface area contributed by atoms with Crippen LogP contribution in [0.1, 0.15) is 27.8 Å². The van der Waals surface area contributed by atoms with Gasteiger partial charge in [-0.3, -0.25) is 9.59 Å². The van der Waals surface area contributed by atoms with Crippen molar-refractivity contribution in [2.24, 2.45) is 5.73 Å². The fourth-order valence-electron chi connectivity index (χ4n) is 1.89. The number of hydrogen-bond donors (Lipinski definition) is 2. The van der Waals surface area contributed by atoms with E-state index in [9.17, 15) is 9.59 Å². The van der Waals surface area contributed by atoms with Gasteiger partial charge >= 0.3 is 0 Å². The first-order valence-corrected chi connectivity index (χ1v) is 7.36. The van der Waals surface area contributed by atoms with Crippen LogP contribution in [-0.4, -0.2) is 16.4 Å². The van der Waals surface area contributed by atoms with Gasteiger partial charge in [0, 0.05) is 22.8 Å². The second-order valence-electron chi connectivity index (χ2n) is 4.34. The second kappa shape index (κ2) is 6.32. The van der Waals surface area contributed by atoms with Gasteiger partial charge in [0.2, 0.25) is 5.91 Å². The van der Waals surface area contributed by atoms with E-state index in [1.54, 1.807) is 10.6 Å². The van der Waals surface area contributed by atoms with Crippen molar-refractivity contribution in [3.63, 3.8) is 0 Å². The van der Waals surface area contributed by atoms with E-state index in [0.29, 0.717) is 22.9 Å². The number of rotatable bonds is 4. The molecule has 110 valence electrons. The van der Waals surface area contributed by atoms with Crippen LogP contribution in [-0.2, 0) is 6.54 Å². The third-order valence-corrected chi connectivity index (χ3v) is 3.70. The molecule has 0 saturated carbocycles. The van der Waals surface area contributed by atoms with Crippen LogP contribution in [0.25, 0.3) is 0 Å². The summed E-state index contributed by atoms with van der Waals surface area (Å²) in [5.74, 6) is -0.895. The van der Waals surface area contributed by atoms with Gasteiger partial charge in [0.25, 0.3) is 5.91 Å². The van der Waals surface area contributed by atoms with Gasteiger partial charge in [0.1, 0.15) is 5.69 Å². The van der Waals surface area contributed by atoms with E-state index < -0.39 is 5.91 Å². The number of hydrogen-bond acceptors (Lipinski definition) is 2. The lowest BCUT2D eigenvalue weighted by Crippen LogP contribution is -2.17. The number of anilines is 1. The average molecular weight is 371 g/mol. The van der Waals surface area contributed by atoms with Crippen LogP contribution in [0.15, 0.2) is 34.9 Å². The lowest BCUT2D eigenvalue weighted by molar-refractivity contribution is 0.0994. The largest absolute Gasteiger partial charge is 0.366 e. The highest BCUT2D eigenvalue weighted by atomic mass is 79.9. The molecule has 0 aliphatic heterocycles. The van der Waals surface area contributed by atoms with Crippen molar-refractivity contribution >= 4 is 45.0 Å². The summed E-state index contributed by atoms with van der Waals surface area (Å²) < 4.78 is 2.61. The van der Waals surface area contributed by atoms with Crippen molar-refractivity contribution in [2.75, 3.05) is 5.32 Å². The molecule has 3 N–H and O–H groups in total. The predicted octanol–water partition coefficient (Wildman–Crippen LogP) is 3.28. The van der Waals surface area contributed by atoms with Crippen LogP contribution in [0.3, 0.4) is 0 Å². The minimum atomic E-state index is -0.582. The van der Waals surface area contributed by atoms with Crippen LogP contribution in [0.2, 0.25) is 5.02 Å². The lowest BCUT2D eigenvalue weighted by Gasteiger charge is -2.10. The van der Waals surface area contributed by atoms with Gasteiger partial charge in [-0.2, -0.15) is 0 Å². The molecule has 0 radical (unpaired) electrons. The standard InChI is InChI=1S/C14H13BrClN3O2/c1-2-19-7-9(15)6-12(19)14(21)18-11-5-8(13(17)20)3-4-10(11)16/h3-7H,2H2,1H3,(H2,17,20)(H,18,21). The zero-order valence-corrected chi connectivity index (χ0v) is 13.5. The smallest absolute Gasteiger partial charge is 0.272 e. The van der Waals surface area contributed by atoms with E-state index in [1.165, 1.54) is 18.2 Å².